The van der Waals surface area contributed by atoms with Gasteiger partial charge in [-0.15, -0.1) is 0 Å². The molecule has 1 aromatic rings. The maximum absolute atomic E-state index is 11.3. The van der Waals surface area contributed by atoms with Crippen LogP contribution in [0.25, 0.3) is 0 Å². The van der Waals surface area contributed by atoms with Crippen LogP contribution in [0.5, 0.6) is 5.75 Å². The topological polar surface area (TPSA) is 125 Å². The zero-order chi connectivity index (χ0) is 14.3. The zero-order valence-electron chi connectivity index (χ0n) is 10.3. The van der Waals surface area contributed by atoms with Gasteiger partial charge in [0.2, 0.25) is 15.9 Å². The largest absolute Gasteiger partial charge is 0.493 e. The molecule has 1 rings (SSSR count). The first kappa shape index (κ1) is 15.3. The molecule has 0 aliphatic rings. The van der Waals surface area contributed by atoms with E-state index in [9.17, 15) is 13.2 Å². The van der Waals surface area contributed by atoms with E-state index in [1.54, 1.807) is 24.3 Å². The first-order valence-electron chi connectivity index (χ1n) is 5.62. The van der Waals surface area contributed by atoms with Crippen LogP contribution in [-0.2, 0) is 14.8 Å². The number of amides is 1. The molecule has 0 radical (unpaired) electrons. The van der Waals surface area contributed by atoms with E-state index in [1.807, 2.05) is 0 Å². The van der Waals surface area contributed by atoms with Crippen molar-refractivity contribution in [1.82, 2.24) is 5.32 Å². The van der Waals surface area contributed by atoms with Gasteiger partial charge in [-0.05, 0) is 12.1 Å². The summed E-state index contributed by atoms with van der Waals surface area (Å²) in [5.74, 6) is -0.000616. The third-order valence-electron chi connectivity index (χ3n) is 2.16. The van der Waals surface area contributed by atoms with E-state index in [4.69, 9.17) is 15.6 Å². The molecule has 0 spiro atoms. The van der Waals surface area contributed by atoms with Crippen molar-refractivity contribution < 1.29 is 17.9 Å². The predicted octanol–water partition coefficient (Wildman–Crippen LogP) is -0.558. The van der Waals surface area contributed by atoms with Gasteiger partial charge in [0.15, 0.2) is 0 Å². The smallest absolute Gasteiger partial charge is 0.223 e. The Morgan fingerprint density at radius 3 is 2.74 bits per heavy atom. The Kier molecular flexibility index (Phi) is 5.58. The number of rotatable bonds is 7. The number of ether oxygens (including phenoxy) is 1. The summed E-state index contributed by atoms with van der Waals surface area (Å²) < 4.78 is 26.6. The van der Waals surface area contributed by atoms with Gasteiger partial charge in [0.25, 0.3) is 0 Å². The number of nitrogens with two attached hydrogens (primary N) is 2. The van der Waals surface area contributed by atoms with Crippen LogP contribution >= 0.6 is 0 Å². The highest BCUT2D eigenvalue weighted by Gasteiger charge is 2.05. The molecule has 0 atom stereocenters. The molecule has 0 bridgehead atoms. The van der Waals surface area contributed by atoms with Gasteiger partial charge < -0.3 is 15.8 Å². The van der Waals surface area contributed by atoms with Gasteiger partial charge in [0.1, 0.15) is 5.75 Å². The van der Waals surface area contributed by atoms with E-state index in [0.29, 0.717) is 11.4 Å². The second-order valence-electron chi connectivity index (χ2n) is 3.89. The maximum atomic E-state index is 11.3. The predicted molar refractivity (Wildman–Crippen MR) is 72.0 cm³/mol. The van der Waals surface area contributed by atoms with Crippen LogP contribution in [0.1, 0.15) is 6.42 Å². The van der Waals surface area contributed by atoms with E-state index >= 15 is 0 Å². The first-order chi connectivity index (χ1) is 8.87. The second kappa shape index (κ2) is 6.95. The van der Waals surface area contributed by atoms with Crippen LogP contribution in [0.3, 0.4) is 0 Å². The summed E-state index contributed by atoms with van der Waals surface area (Å²) >= 11 is 0. The van der Waals surface area contributed by atoms with Crippen molar-refractivity contribution in [3.8, 4) is 5.75 Å². The summed E-state index contributed by atoms with van der Waals surface area (Å²) in [6.07, 6.45) is 0.124. The SMILES string of the molecule is Nc1cccc(OCCC(=O)NCCS(N)(=O)=O)c1. The van der Waals surface area contributed by atoms with E-state index in [0.717, 1.165) is 0 Å². The van der Waals surface area contributed by atoms with Crippen LogP contribution < -0.4 is 20.9 Å². The Morgan fingerprint density at radius 2 is 2.11 bits per heavy atom. The fourth-order valence-corrected chi connectivity index (χ4v) is 1.67. The molecule has 0 aromatic heterocycles. The summed E-state index contributed by atoms with van der Waals surface area (Å²) in [5, 5.41) is 7.23. The van der Waals surface area contributed by atoms with Crippen molar-refractivity contribution in [2.24, 2.45) is 5.14 Å². The summed E-state index contributed by atoms with van der Waals surface area (Å²) in [4.78, 5) is 11.3. The van der Waals surface area contributed by atoms with Crippen LogP contribution in [-0.4, -0.2) is 33.2 Å². The minimum absolute atomic E-state index is 0.00402. The number of nitrogens with one attached hydrogen (secondary N) is 1. The number of primary sulfonamides is 1. The average Bonchev–Trinajstić information content (AvgIpc) is 2.27. The number of hydrogen-bond donors (Lipinski definition) is 3. The Bertz CT molecular complexity index is 530. The van der Waals surface area contributed by atoms with Crippen LogP contribution in [0.15, 0.2) is 24.3 Å². The number of hydrogen-bond acceptors (Lipinski definition) is 5. The van der Waals surface area contributed by atoms with Crippen molar-refractivity contribution in [3.63, 3.8) is 0 Å². The van der Waals surface area contributed by atoms with E-state index in [2.05, 4.69) is 5.32 Å². The van der Waals surface area contributed by atoms with Crippen LogP contribution in [0.2, 0.25) is 0 Å². The number of benzene rings is 1. The Morgan fingerprint density at radius 1 is 1.37 bits per heavy atom. The van der Waals surface area contributed by atoms with E-state index < -0.39 is 10.0 Å². The lowest BCUT2D eigenvalue weighted by atomic mass is 10.3. The lowest BCUT2D eigenvalue weighted by molar-refractivity contribution is -0.121. The Hall–Kier alpha value is -1.80. The summed E-state index contributed by atoms with van der Waals surface area (Å²) in [6, 6.07) is 6.86. The number of anilines is 1. The van der Waals surface area contributed by atoms with Gasteiger partial charge in [-0.2, -0.15) is 0 Å². The van der Waals surface area contributed by atoms with Gasteiger partial charge in [0.05, 0.1) is 18.8 Å². The van der Waals surface area contributed by atoms with Gasteiger partial charge >= 0.3 is 0 Å². The minimum atomic E-state index is -3.55. The molecular weight excluding hydrogens is 270 g/mol. The molecular formula is C11H17N3O4S. The quantitative estimate of drug-likeness (QED) is 0.580. The molecule has 1 aromatic carbocycles. The molecule has 7 nitrogen and oxygen atoms in total. The normalized spacial score (nSPS) is 11.0. The lowest BCUT2D eigenvalue weighted by Gasteiger charge is -2.07. The second-order valence-corrected chi connectivity index (χ2v) is 5.62. The van der Waals surface area contributed by atoms with E-state index in [1.165, 1.54) is 0 Å². The number of carbonyl (C=O) groups is 1. The molecule has 106 valence electrons. The van der Waals surface area contributed by atoms with Crippen molar-refractivity contribution in [2.75, 3.05) is 24.6 Å². The molecule has 0 unspecified atom stereocenters. The summed E-state index contributed by atoms with van der Waals surface area (Å²) in [5.41, 5.74) is 6.15. The number of nitrogen functional groups attached to an aromatic ring is 1. The fourth-order valence-electron chi connectivity index (χ4n) is 1.29. The monoisotopic (exact) mass is 287 g/mol. The average molecular weight is 287 g/mol. The summed E-state index contributed by atoms with van der Waals surface area (Å²) in [6.45, 7) is 0.181. The van der Waals surface area contributed by atoms with Gasteiger partial charge in [0, 0.05) is 18.3 Å². The summed E-state index contributed by atoms with van der Waals surface area (Å²) in [7, 11) is -3.55. The Labute approximate surface area is 112 Å². The number of carbonyl (C=O) groups excluding carboxylic acids is 1. The van der Waals surface area contributed by atoms with Gasteiger partial charge in [-0.3, -0.25) is 4.79 Å². The van der Waals surface area contributed by atoms with Crippen molar-refractivity contribution in [1.29, 1.82) is 0 Å². The van der Waals surface area contributed by atoms with Crippen molar-refractivity contribution in [3.05, 3.63) is 24.3 Å². The maximum Gasteiger partial charge on any atom is 0.223 e. The zero-order valence-corrected chi connectivity index (χ0v) is 11.2. The minimum Gasteiger partial charge on any atom is -0.493 e. The molecule has 0 saturated carbocycles. The molecule has 0 aliphatic heterocycles. The molecule has 8 heteroatoms. The van der Waals surface area contributed by atoms with Crippen LogP contribution in [0.4, 0.5) is 5.69 Å². The Balaban J connectivity index is 2.20. The number of sulfonamides is 1. The van der Waals surface area contributed by atoms with Gasteiger partial charge in [-0.25, -0.2) is 13.6 Å². The first-order valence-corrected chi connectivity index (χ1v) is 7.34. The molecule has 0 aliphatic carbocycles. The molecule has 0 fully saturated rings. The van der Waals surface area contributed by atoms with Crippen LogP contribution in [0, 0.1) is 0 Å². The third-order valence-corrected chi connectivity index (χ3v) is 2.94. The molecule has 0 heterocycles. The molecule has 5 N–H and O–H groups in total. The fraction of sp³-hybridized carbons (Fsp3) is 0.364. The molecule has 1 amide bonds. The molecule has 19 heavy (non-hydrogen) atoms. The third kappa shape index (κ3) is 7.27. The van der Waals surface area contributed by atoms with Gasteiger partial charge in [-0.1, -0.05) is 6.07 Å². The highest BCUT2D eigenvalue weighted by Crippen LogP contribution is 2.14. The van der Waals surface area contributed by atoms with Crippen molar-refractivity contribution >= 4 is 21.6 Å². The molecule has 0 saturated heterocycles. The highest BCUT2D eigenvalue weighted by atomic mass is 32.2. The standard InChI is InChI=1S/C11H17N3O4S/c12-9-2-1-3-10(8-9)18-6-4-11(15)14-5-7-19(13,16)17/h1-3,8H,4-7,12H2,(H,14,15)(H2,13,16,17). The lowest BCUT2D eigenvalue weighted by Crippen LogP contribution is -2.32. The van der Waals surface area contributed by atoms with Crippen molar-refractivity contribution in [2.45, 2.75) is 6.42 Å². The highest BCUT2D eigenvalue weighted by molar-refractivity contribution is 7.89. The van der Waals surface area contributed by atoms with E-state index in [-0.39, 0.29) is 31.2 Å².